The summed E-state index contributed by atoms with van der Waals surface area (Å²) in [5, 5.41) is 37.5. The first-order chi connectivity index (χ1) is 46.7. The first kappa shape index (κ1) is 82.4. The molecule has 0 saturated carbocycles. The van der Waals surface area contributed by atoms with E-state index in [9.17, 15) is 39.2 Å². The predicted octanol–water partition coefficient (Wildman–Crippen LogP) is 20.3. The number of ether oxygens (including phenoxy) is 4. The first-order valence-electron chi connectivity index (χ1n) is 29.9. The second kappa shape index (κ2) is 37.0. The van der Waals surface area contributed by atoms with Gasteiger partial charge < -0.3 is 34.4 Å². The number of carbonyl (C=O) groups is 4. The van der Waals surface area contributed by atoms with Crippen LogP contribution >= 0.6 is 114 Å². The maximum Gasteiger partial charge on any atom is 0.411 e. The van der Waals surface area contributed by atoms with Crippen LogP contribution in [-0.4, -0.2) is 123 Å². The van der Waals surface area contributed by atoms with Crippen molar-refractivity contribution in [2.45, 2.75) is 105 Å². The number of benzene rings is 5. The van der Waals surface area contributed by atoms with Crippen LogP contribution in [0.15, 0.2) is 201 Å². The average molecular weight is 1730 g/mol. The van der Waals surface area contributed by atoms with Crippen molar-refractivity contribution in [2.75, 3.05) is 13.1 Å². The minimum Gasteiger partial charge on any atom is -0.618 e. The standard InChI is InChI=1S/C23H24N4O5.C19H21BrN2O5.C9H5BrClN.C9H6BrNO.C9H6BrN.2CH4.Cl3OP/c1-23(2,3)32-22(30)27-13-15(11-19(27)21(28)29)31-20-16-7-5-4-6-14(16)10-17(26-20)18-12-24-8-9-25-18;1-19(2,3)27-18(25)22-10-12(9-14(22)17(23)24)26-16-13-7-5-4-6-11(13)8-15(20)21-16;10-8-5-6-3-1-2-4-7(6)9(11)12-8;10-9-5-7-3-1-2-4-8(7)6-11(9)12;10-9-5-7-3-1-2-4-8(7)6-11-9;;;1-5(2,3)4/h4-10,12,15,19H,11,13H2,1-3H3,(H,28,29);4-8,12,14H,9-10H2,1-3H3,(H,23,24);1-5H;1-6H;1-6H;2*1H4;/t15-,19+;12-,14+;;;;;;/m11....../s1. The Labute approximate surface area is 636 Å². The van der Waals surface area contributed by atoms with Crippen molar-refractivity contribution in [1.29, 1.82) is 0 Å². The van der Waals surface area contributed by atoms with Crippen LogP contribution in [0.3, 0.4) is 0 Å². The molecular weight excluding hydrogens is 1660 g/mol. The molecule has 2 fully saturated rings. The normalized spacial score (nSPS) is 15.4. The Hall–Kier alpha value is -7.58. The van der Waals surface area contributed by atoms with Gasteiger partial charge in [0.05, 0.1) is 25.0 Å². The molecule has 6 aromatic heterocycles. The molecule has 0 bridgehead atoms. The van der Waals surface area contributed by atoms with Crippen molar-refractivity contribution in [3.05, 3.63) is 211 Å². The fourth-order valence-electron chi connectivity index (χ4n) is 9.96. The van der Waals surface area contributed by atoms with Crippen LogP contribution in [0, 0.1) is 5.21 Å². The summed E-state index contributed by atoms with van der Waals surface area (Å²) in [5.41, 5.74) is -0.264. The topological polar surface area (TPSA) is 273 Å². The van der Waals surface area contributed by atoms with Crippen molar-refractivity contribution in [3.8, 4) is 23.1 Å². The minimum absolute atomic E-state index is 0. The SMILES string of the molecule is Brc1cc2ccccc2cn1.C.C.CC(C)(C)OC(=O)N1C[C@H](Oc2nc(-c3cnccn3)cc3ccccc23)C[C@H]1C(=O)O.CC(C)(C)OC(=O)N1C[C@H](Oc2nc(Br)cc3ccccc23)C[C@H]1C(=O)O.Clc1nc(Br)cc2ccccc12.O=P(Cl)(Cl)Cl.[O-][n+]1cc2ccccc2cc1Br. The minimum atomic E-state index is -3.22. The van der Waals surface area contributed by atoms with Crippen molar-refractivity contribution in [3.63, 3.8) is 0 Å². The Bertz CT molecular complexity index is 4710. The maximum atomic E-state index is 12.6. The van der Waals surface area contributed by atoms with Gasteiger partial charge in [-0.3, -0.25) is 24.3 Å². The van der Waals surface area contributed by atoms with Gasteiger partial charge in [-0.15, -0.1) is 0 Å². The molecule has 2 aliphatic rings. The summed E-state index contributed by atoms with van der Waals surface area (Å²) in [6.45, 7) is 10.6. The van der Waals surface area contributed by atoms with Gasteiger partial charge in [0.25, 0.3) is 4.60 Å². The third-order valence-corrected chi connectivity index (χ3v) is 16.2. The number of carboxylic acids is 2. The van der Waals surface area contributed by atoms with E-state index in [4.69, 9.17) is 30.5 Å². The second-order valence-corrected chi connectivity index (χ2v) is 34.0. The van der Waals surface area contributed by atoms with Crippen molar-refractivity contribution in [2.24, 2.45) is 0 Å². The van der Waals surface area contributed by atoms with Gasteiger partial charge in [-0.1, -0.05) is 130 Å². The van der Waals surface area contributed by atoms with E-state index in [1.807, 2.05) is 146 Å². The lowest BCUT2D eigenvalue weighted by molar-refractivity contribution is -0.615. The number of halogens is 8. The van der Waals surface area contributed by atoms with Crippen LogP contribution in [0.5, 0.6) is 11.8 Å². The monoisotopic (exact) mass is 1730 g/mol. The lowest BCUT2D eigenvalue weighted by Gasteiger charge is -2.26. The van der Waals surface area contributed by atoms with Crippen LogP contribution in [-0.2, 0) is 23.6 Å². The first-order valence-corrected chi connectivity index (χ1v) is 37.9. The fourth-order valence-corrected chi connectivity index (χ4v) is 11.9. The molecule has 2 amide bonds. The van der Waals surface area contributed by atoms with Gasteiger partial charge in [-0.25, -0.2) is 39.1 Å². The van der Waals surface area contributed by atoms with Gasteiger partial charge in [0, 0.05) is 80.4 Å². The van der Waals surface area contributed by atoms with E-state index in [-0.39, 0.29) is 40.8 Å². The quantitative estimate of drug-likeness (QED) is 0.0649. The van der Waals surface area contributed by atoms with E-state index in [0.717, 1.165) is 57.0 Å². The Balaban J connectivity index is 0.000000207. The van der Waals surface area contributed by atoms with Crippen molar-refractivity contribution in [1.82, 2.24) is 39.7 Å². The Kier molecular flexibility index (Phi) is 30.2. The summed E-state index contributed by atoms with van der Waals surface area (Å²) in [4.78, 5) is 76.4. The molecule has 0 radical (unpaired) electrons. The Morgan fingerprint density at radius 2 is 0.941 bits per heavy atom. The fraction of sp³-hybridized carbons (Fsp3) is 0.254. The number of hydrogen-bond acceptors (Lipinski definition) is 16. The Morgan fingerprint density at radius 3 is 1.42 bits per heavy atom. The molecule has 2 N–H and O–H groups in total. The Morgan fingerprint density at radius 1 is 0.535 bits per heavy atom. The summed E-state index contributed by atoms with van der Waals surface area (Å²) in [6, 6.07) is 46.5. The van der Waals surface area contributed by atoms with Crippen LogP contribution in [0.2, 0.25) is 5.15 Å². The number of aliphatic carboxylic acids is 2. The van der Waals surface area contributed by atoms with Gasteiger partial charge in [0.1, 0.15) is 60.2 Å². The molecule has 4 atom stereocenters. The van der Waals surface area contributed by atoms with E-state index in [1.54, 1.807) is 66.3 Å². The van der Waals surface area contributed by atoms with Crippen LogP contribution in [0.4, 0.5) is 9.59 Å². The van der Waals surface area contributed by atoms with Gasteiger partial charge in [0.15, 0.2) is 6.20 Å². The molecule has 2 aliphatic heterocycles. The molecule has 21 nitrogen and oxygen atoms in total. The number of likely N-dealkylation sites (tertiary alicyclic amines) is 2. The number of hydrogen-bond donors (Lipinski definition) is 2. The number of nitrogens with zero attached hydrogens (tertiary/aromatic N) is 9. The number of rotatable bonds is 7. The molecule has 0 aliphatic carbocycles. The van der Waals surface area contributed by atoms with Crippen LogP contribution < -0.4 is 14.2 Å². The van der Waals surface area contributed by atoms with E-state index in [2.05, 4.69) is 139 Å². The highest BCUT2D eigenvalue weighted by Gasteiger charge is 2.44. The summed E-state index contributed by atoms with van der Waals surface area (Å²) in [6.07, 6.45) is 6.09. The molecule has 8 heterocycles. The van der Waals surface area contributed by atoms with E-state index in [0.29, 0.717) is 37.5 Å². The molecule has 0 spiro atoms. The van der Waals surface area contributed by atoms with Gasteiger partial charge in [0.2, 0.25) is 11.8 Å². The van der Waals surface area contributed by atoms with Crippen LogP contribution in [0.1, 0.15) is 69.2 Å². The molecular formula is C71H70Br4Cl4N9O12P. The molecule has 13 rings (SSSR count). The molecule has 5 aromatic carbocycles. The van der Waals surface area contributed by atoms with Gasteiger partial charge >= 0.3 is 29.3 Å². The predicted molar refractivity (Wildman–Crippen MR) is 412 cm³/mol. The molecule has 30 heteroatoms. The third kappa shape index (κ3) is 24.8. The van der Waals surface area contributed by atoms with Crippen molar-refractivity contribution < 1.29 is 57.6 Å². The number of aromatic nitrogens is 7. The third-order valence-electron chi connectivity index (χ3n) is 14.1. The largest absolute Gasteiger partial charge is 0.618 e. The summed E-state index contributed by atoms with van der Waals surface area (Å²) in [7, 11) is 0. The number of fused-ring (bicyclic) bond motifs is 5. The number of carbonyl (C=O) groups excluding carboxylic acids is 2. The number of carboxylic acid groups (broad SMARTS) is 2. The molecule has 0 unspecified atom stereocenters. The molecule has 101 heavy (non-hydrogen) atoms. The number of amides is 2. The smallest absolute Gasteiger partial charge is 0.411 e. The summed E-state index contributed by atoms with van der Waals surface area (Å²) < 4.78 is 36.0. The molecule has 532 valence electrons. The van der Waals surface area contributed by atoms with Gasteiger partial charge in [-0.05, 0) is 192 Å². The maximum absolute atomic E-state index is 12.6. The van der Waals surface area contributed by atoms with Gasteiger partial charge in [-0.2, -0.15) is 4.73 Å². The zero-order chi connectivity index (χ0) is 71.9. The highest BCUT2D eigenvalue weighted by Crippen LogP contribution is 2.61. The zero-order valence-corrected chi connectivity index (χ0v) is 63.7. The number of pyridine rings is 5. The lowest BCUT2D eigenvalue weighted by atomic mass is 10.1. The van der Waals surface area contributed by atoms with E-state index < -0.39 is 64.8 Å². The average Bonchev–Trinajstić information content (AvgIpc) is 1.75. The second-order valence-electron chi connectivity index (χ2n) is 23.8. The summed E-state index contributed by atoms with van der Waals surface area (Å²) in [5.74, 6) is -1.43. The summed E-state index contributed by atoms with van der Waals surface area (Å²) >= 11 is 32.9. The highest BCUT2D eigenvalue weighted by atomic mass is 79.9. The van der Waals surface area contributed by atoms with E-state index in [1.165, 1.54) is 20.6 Å². The molecule has 2 saturated heterocycles. The zero-order valence-electron chi connectivity index (χ0n) is 53.4. The highest BCUT2D eigenvalue weighted by molar-refractivity contribution is 9.11. The van der Waals surface area contributed by atoms with Crippen LogP contribution in [0.25, 0.3) is 65.3 Å². The molecule has 11 aromatic rings. The lowest BCUT2D eigenvalue weighted by Crippen LogP contribution is -2.43. The van der Waals surface area contributed by atoms with Crippen molar-refractivity contribution >= 4 is 192 Å². The van der Waals surface area contributed by atoms with E-state index >= 15 is 0 Å².